The average molecular weight is 327 g/mol. The van der Waals surface area contributed by atoms with Crippen molar-refractivity contribution < 1.29 is 4.79 Å². The van der Waals surface area contributed by atoms with E-state index in [2.05, 4.69) is 27.5 Å². The van der Waals surface area contributed by atoms with Crippen LogP contribution in [0.3, 0.4) is 0 Å². The first kappa shape index (κ1) is 17.7. The molecule has 0 spiro atoms. The SMILES string of the molecule is CCCCCNC(=O)c1cc(Nc2ccc(N(C)C)cc2)ncn1. The summed E-state index contributed by atoms with van der Waals surface area (Å²) in [5.74, 6) is 0.431. The van der Waals surface area contributed by atoms with Gasteiger partial charge in [0.15, 0.2) is 0 Å². The number of amides is 1. The summed E-state index contributed by atoms with van der Waals surface area (Å²) in [4.78, 5) is 22.4. The van der Waals surface area contributed by atoms with Gasteiger partial charge < -0.3 is 15.5 Å². The molecule has 0 aliphatic rings. The minimum absolute atomic E-state index is 0.167. The zero-order valence-electron chi connectivity index (χ0n) is 14.5. The van der Waals surface area contributed by atoms with Crippen LogP contribution in [0.4, 0.5) is 17.2 Å². The summed E-state index contributed by atoms with van der Waals surface area (Å²) in [6.07, 6.45) is 4.62. The van der Waals surface area contributed by atoms with Gasteiger partial charge in [0.2, 0.25) is 0 Å². The third-order valence-electron chi connectivity index (χ3n) is 3.62. The van der Waals surface area contributed by atoms with Crippen molar-refractivity contribution in [3.63, 3.8) is 0 Å². The number of anilines is 3. The van der Waals surface area contributed by atoms with E-state index in [-0.39, 0.29) is 5.91 Å². The van der Waals surface area contributed by atoms with Crippen molar-refractivity contribution in [2.24, 2.45) is 0 Å². The van der Waals surface area contributed by atoms with Gasteiger partial charge in [-0.15, -0.1) is 0 Å². The molecule has 6 nitrogen and oxygen atoms in total. The van der Waals surface area contributed by atoms with E-state index in [1.165, 1.54) is 6.33 Å². The van der Waals surface area contributed by atoms with Crippen LogP contribution in [0.2, 0.25) is 0 Å². The normalized spacial score (nSPS) is 10.3. The van der Waals surface area contributed by atoms with Gasteiger partial charge in [-0.2, -0.15) is 0 Å². The van der Waals surface area contributed by atoms with Gasteiger partial charge in [0.25, 0.3) is 5.91 Å². The second kappa shape index (κ2) is 8.86. The van der Waals surface area contributed by atoms with Gasteiger partial charge in [0.05, 0.1) is 0 Å². The van der Waals surface area contributed by atoms with Crippen molar-refractivity contribution in [3.05, 3.63) is 42.4 Å². The lowest BCUT2D eigenvalue weighted by molar-refractivity contribution is 0.0948. The first-order valence-electron chi connectivity index (χ1n) is 8.25. The van der Waals surface area contributed by atoms with E-state index in [1.807, 2.05) is 43.3 Å². The van der Waals surface area contributed by atoms with Crippen molar-refractivity contribution in [1.82, 2.24) is 15.3 Å². The zero-order valence-corrected chi connectivity index (χ0v) is 14.5. The van der Waals surface area contributed by atoms with Gasteiger partial charge in [-0.3, -0.25) is 4.79 Å². The molecule has 6 heteroatoms. The molecular formula is C18H25N5O. The molecule has 0 unspecified atom stereocenters. The molecule has 2 rings (SSSR count). The lowest BCUT2D eigenvalue weighted by Gasteiger charge is -2.13. The third kappa shape index (κ3) is 5.22. The Balaban J connectivity index is 1.98. The molecule has 1 aromatic heterocycles. The lowest BCUT2D eigenvalue weighted by Crippen LogP contribution is -2.25. The van der Waals surface area contributed by atoms with Crippen LogP contribution >= 0.6 is 0 Å². The van der Waals surface area contributed by atoms with E-state index in [1.54, 1.807) is 6.07 Å². The molecule has 2 N–H and O–H groups in total. The van der Waals surface area contributed by atoms with Gasteiger partial charge in [-0.1, -0.05) is 19.8 Å². The molecule has 0 bridgehead atoms. The van der Waals surface area contributed by atoms with Crippen LogP contribution < -0.4 is 15.5 Å². The van der Waals surface area contributed by atoms with E-state index in [0.29, 0.717) is 18.1 Å². The van der Waals surface area contributed by atoms with Crippen LogP contribution in [0.15, 0.2) is 36.7 Å². The van der Waals surface area contributed by atoms with E-state index < -0.39 is 0 Å². The molecule has 1 aromatic carbocycles. The molecular weight excluding hydrogens is 302 g/mol. The highest BCUT2D eigenvalue weighted by Gasteiger charge is 2.08. The number of hydrogen-bond donors (Lipinski definition) is 2. The first-order valence-corrected chi connectivity index (χ1v) is 8.25. The number of carbonyl (C=O) groups excluding carboxylic acids is 1. The standard InChI is InChI=1S/C18H25N5O/c1-4-5-6-11-19-18(24)16-12-17(21-13-20-16)22-14-7-9-15(10-8-14)23(2)3/h7-10,12-13H,4-6,11H2,1-3H3,(H,19,24)(H,20,21,22). The number of unbranched alkanes of at least 4 members (excludes halogenated alkanes) is 2. The van der Waals surface area contributed by atoms with Gasteiger partial charge in [-0.05, 0) is 30.7 Å². The predicted molar refractivity (Wildman–Crippen MR) is 97.9 cm³/mol. The smallest absolute Gasteiger partial charge is 0.270 e. The average Bonchev–Trinajstić information content (AvgIpc) is 2.59. The van der Waals surface area contributed by atoms with Crippen molar-refractivity contribution in [2.45, 2.75) is 26.2 Å². The number of rotatable bonds is 8. The summed E-state index contributed by atoms with van der Waals surface area (Å²) < 4.78 is 0. The molecule has 0 saturated carbocycles. The minimum atomic E-state index is -0.167. The highest BCUT2D eigenvalue weighted by Crippen LogP contribution is 2.19. The monoisotopic (exact) mass is 327 g/mol. The number of nitrogens with one attached hydrogen (secondary N) is 2. The molecule has 2 aromatic rings. The molecule has 0 aliphatic heterocycles. The van der Waals surface area contributed by atoms with E-state index in [9.17, 15) is 4.79 Å². The number of hydrogen-bond acceptors (Lipinski definition) is 5. The number of nitrogens with zero attached hydrogens (tertiary/aromatic N) is 3. The summed E-state index contributed by atoms with van der Waals surface area (Å²) in [5, 5.41) is 6.07. The summed E-state index contributed by atoms with van der Waals surface area (Å²) in [7, 11) is 4.00. The van der Waals surface area contributed by atoms with Crippen molar-refractivity contribution >= 4 is 23.1 Å². The Morgan fingerprint density at radius 3 is 2.54 bits per heavy atom. The van der Waals surface area contributed by atoms with Gasteiger partial charge in [0, 0.05) is 38.1 Å². The van der Waals surface area contributed by atoms with E-state index in [4.69, 9.17) is 0 Å². The second-order valence-electron chi connectivity index (χ2n) is 5.82. The molecule has 128 valence electrons. The van der Waals surface area contributed by atoms with Crippen LogP contribution in [0.1, 0.15) is 36.7 Å². The van der Waals surface area contributed by atoms with E-state index >= 15 is 0 Å². The minimum Gasteiger partial charge on any atom is -0.378 e. The third-order valence-corrected chi connectivity index (χ3v) is 3.62. The van der Waals surface area contributed by atoms with Gasteiger partial charge in [0.1, 0.15) is 17.8 Å². The van der Waals surface area contributed by atoms with Crippen LogP contribution in [0.5, 0.6) is 0 Å². The Morgan fingerprint density at radius 2 is 1.88 bits per heavy atom. The molecule has 24 heavy (non-hydrogen) atoms. The highest BCUT2D eigenvalue weighted by atomic mass is 16.1. The molecule has 0 aliphatic carbocycles. The number of aromatic nitrogens is 2. The largest absolute Gasteiger partial charge is 0.378 e. The predicted octanol–water partition coefficient (Wildman–Crippen LogP) is 3.21. The van der Waals surface area contributed by atoms with Crippen molar-refractivity contribution in [3.8, 4) is 0 Å². The highest BCUT2D eigenvalue weighted by molar-refractivity contribution is 5.92. The molecule has 1 amide bonds. The second-order valence-corrected chi connectivity index (χ2v) is 5.82. The fourth-order valence-electron chi connectivity index (χ4n) is 2.21. The summed E-state index contributed by atoms with van der Waals surface area (Å²) in [6, 6.07) is 9.65. The first-order chi connectivity index (χ1) is 11.6. The maximum Gasteiger partial charge on any atom is 0.270 e. The van der Waals surface area contributed by atoms with Crippen molar-refractivity contribution in [2.75, 3.05) is 30.9 Å². The zero-order chi connectivity index (χ0) is 17.4. The molecule has 1 heterocycles. The lowest BCUT2D eigenvalue weighted by atomic mass is 10.2. The van der Waals surface area contributed by atoms with E-state index in [0.717, 1.165) is 30.6 Å². The number of benzene rings is 1. The quantitative estimate of drug-likeness (QED) is 0.729. The Kier molecular flexibility index (Phi) is 6.54. The maximum atomic E-state index is 12.1. The molecule has 0 atom stereocenters. The molecule has 0 saturated heterocycles. The fraction of sp³-hybridized carbons (Fsp3) is 0.389. The van der Waals surface area contributed by atoms with Crippen LogP contribution in [-0.2, 0) is 0 Å². The summed E-state index contributed by atoms with van der Waals surface area (Å²) >= 11 is 0. The Hall–Kier alpha value is -2.63. The van der Waals surface area contributed by atoms with Crippen molar-refractivity contribution in [1.29, 1.82) is 0 Å². The Bertz CT molecular complexity index is 655. The van der Waals surface area contributed by atoms with Crippen LogP contribution in [-0.4, -0.2) is 36.5 Å². The molecule has 0 fully saturated rings. The van der Waals surface area contributed by atoms with Crippen LogP contribution in [0.25, 0.3) is 0 Å². The van der Waals surface area contributed by atoms with Gasteiger partial charge >= 0.3 is 0 Å². The maximum absolute atomic E-state index is 12.1. The Labute approximate surface area is 143 Å². The van der Waals surface area contributed by atoms with Gasteiger partial charge in [-0.25, -0.2) is 9.97 Å². The molecule has 0 radical (unpaired) electrons. The fourth-order valence-corrected chi connectivity index (χ4v) is 2.21. The summed E-state index contributed by atoms with van der Waals surface area (Å²) in [6.45, 7) is 2.81. The topological polar surface area (TPSA) is 70.2 Å². The Morgan fingerprint density at radius 1 is 1.12 bits per heavy atom. The number of carbonyl (C=O) groups is 1. The summed E-state index contributed by atoms with van der Waals surface area (Å²) in [5.41, 5.74) is 2.40. The van der Waals surface area contributed by atoms with Crippen LogP contribution in [0, 0.1) is 0 Å².